The lowest BCUT2D eigenvalue weighted by atomic mass is 10.0. The zero-order valence-electron chi connectivity index (χ0n) is 12.3. The minimum atomic E-state index is -1.02. The fraction of sp³-hybridized carbons (Fsp3) is 0.500. The van der Waals surface area contributed by atoms with Gasteiger partial charge < -0.3 is 15.7 Å². The summed E-state index contributed by atoms with van der Waals surface area (Å²) in [7, 11) is 0. The molecule has 5 nitrogen and oxygen atoms in total. The van der Waals surface area contributed by atoms with Crippen molar-refractivity contribution >= 4 is 12.0 Å². The smallest absolute Gasteiger partial charge is 0.326 e. The first-order valence-electron chi connectivity index (χ1n) is 7.34. The lowest BCUT2D eigenvalue weighted by molar-refractivity contribution is -0.139. The first kappa shape index (κ1) is 15.4. The molecule has 1 aromatic rings. The zero-order valence-corrected chi connectivity index (χ0v) is 12.3. The van der Waals surface area contributed by atoms with E-state index in [9.17, 15) is 14.7 Å². The fourth-order valence-electron chi connectivity index (χ4n) is 2.80. The van der Waals surface area contributed by atoms with E-state index in [0.717, 1.165) is 31.2 Å². The fourth-order valence-corrected chi connectivity index (χ4v) is 2.80. The maximum atomic E-state index is 12.0. The molecule has 21 heavy (non-hydrogen) atoms. The van der Waals surface area contributed by atoms with E-state index in [-0.39, 0.29) is 12.0 Å². The molecule has 1 saturated carbocycles. The number of nitrogens with one attached hydrogen (secondary N) is 2. The molecular formula is C16H22N2O3. The average Bonchev–Trinajstić information content (AvgIpc) is 2.85. The quantitative estimate of drug-likeness (QED) is 0.778. The van der Waals surface area contributed by atoms with Gasteiger partial charge in [-0.05, 0) is 25.3 Å². The molecule has 0 spiro atoms. The lowest BCUT2D eigenvalue weighted by Gasteiger charge is -2.26. The Hall–Kier alpha value is -2.04. The van der Waals surface area contributed by atoms with Crippen LogP contribution in [0, 0.1) is 0 Å². The number of aliphatic carboxylic acids is 1. The zero-order chi connectivity index (χ0) is 15.3. The summed E-state index contributed by atoms with van der Waals surface area (Å²) >= 11 is 0. The van der Waals surface area contributed by atoms with Crippen molar-refractivity contribution in [1.82, 2.24) is 10.6 Å². The van der Waals surface area contributed by atoms with E-state index < -0.39 is 18.0 Å². The summed E-state index contributed by atoms with van der Waals surface area (Å²) in [5.41, 5.74) is 0.678. The van der Waals surface area contributed by atoms with Gasteiger partial charge in [0.1, 0.15) is 6.04 Å². The van der Waals surface area contributed by atoms with Crippen LogP contribution in [0.3, 0.4) is 0 Å². The molecule has 1 aromatic carbocycles. The number of carboxylic acids is 1. The molecule has 1 atom stereocenters. The van der Waals surface area contributed by atoms with Crippen molar-refractivity contribution < 1.29 is 14.7 Å². The second-order valence-corrected chi connectivity index (χ2v) is 5.95. The van der Waals surface area contributed by atoms with Crippen molar-refractivity contribution in [2.45, 2.75) is 50.6 Å². The third-order valence-corrected chi connectivity index (χ3v) is 4.01. The van der Waals surface area contributed by atoms with E-state index in [1.54, 1.807) is 0 Å². The van der Waals surface area contributed by atoms with Crippen LogP contribution in [0.15, 0.2) is 30.3 Å². The van der Waals surface area contributed by atoms with Crippen molar-refractivity contribution in [3.8, 4) is 0 Å². The molecule has 0 saturated heterocycles. The van der Waals surface area contributed by atoms with Gasteiger partial charge in [-0.25, -0.2) is 9.59 Å². The van der Waals surface area contributed by atoms with Crippen LogP contribution in [0.5, 0.6) is 0 Å². The number of hydrogen-bond acceptors (Lipinski definition) is 2. The highest BCUT2D eigenvalue weighted by Gasteiger charge is 2.31. The van der Waals surface area contributed by atoms with E-state index in [0.29, 0.717) is 0 Å². The second kappa shape index (κ2) is 6.61. The Morgan fingerprint density at radius 1 is 1.24 bits per heavy atom. The molecule has 2 amide bonds. The van der Waals surface area contributed by atoms with Crippen molar-refractivity contribution in [2.24, 2.45) is 0 Å². The minimum absolute atomic E-state index is 0.208. The minimum Gasteiger partial charge on any atom is -0.480 e. The summed E-state index contributed by atoms with van der Waals surface area (Å²) in [6.07, 6.45) is 4.36. The van der Waals surface area contributed by atoms with Gasteiger partial charge in [0, 0.05) is 12.0 Å². The normalized spacial score (nSPS) is 18.0. The third kappa shape index (κ3) is 4.48. The Labute approximate surface area is 124 Å². The molecule has 0 aromatic heterocycles. The highest BCUT2D eigenvalue weighted by atomic mass is 16.4. The topological polar surface area (TPSA) is 78.4 Å². The maximum absolute atomic E-state index is 12.0. The van der Waals surface area contributed by atoms with Crippen LogP contribution >= 0.6 is 0 Å². The first-order valence-corrected chi connectivity index (χ1v) is 7.34. The van der Waals surface area contributed by atoms with Gasteiger partial charge in [-0.15, -0.1) is 0 Å². The van der Waals surface area contributed by atoms with Gasteiger partial charge in [-0.3, -0.25) is 0 Å². The number of benzene rings is 1. The monoisotopic (exact) mass is 290 g/mol. The Morgan fingerprint density at radius 2 is 1.86 bits per heavy atom. The Balaban J connectivity index is 1.93. The second-order valence-electron chi connectivity index (χ2n) is 5.95. The summed E-state index contributed by atoms with van der Waals surface area (Å²) in [6, 6.07) is 7.98. The summed E-state index contributed by atoms with van der Waals surface area (Å²) in [6.45, 7) is 2.01. The third-order valence-electron chi connectivity index (χ3n) is 4.01. The van der Waals surface area contributed by atoms with Gasteiger partial charge >= 0.3 is 12.0 Å². The van der Waals surface area contributed by atoms with Crippen LogP contribution < -0.4 is 10.6 Å². The highest BCUT2D eigenvalue weighted by molar-refractivity contribution is 5.83. The molecule has 0 heterocycles. The van der Waals surface area contributed by atoms with Crippen LogP contribution in [-0.2, 0) is 11.2 Å². The van der Waals surface area contributed by atoms with Crippen molar-refractivity contribution in [3.05, 3.63) is 35.9 Å². The van der Waals surface area contributed by atoms with E-state index in [4.69, 9.17) is 0 Å². The van der Waals surface area contributed by atoms with E-state index in [1.807, 2.05) is 37.3 Å². The summed E-state index contributed by atoms with van der Waals surface area (Å²) in [5.74, 6) is -1.02. The average molecular weight is 290 g/mol. The van der Waals surface area contributed by atoms with Crippen LogP contribution in [-0.4, -0.2) is 28.7 Å². The van der Waals surface area contributed by atoms with Gasteiger partial charge in [0.2, 0.25) is 0 Å². The predicted octanol–water partition coefficient (Wildman–Crippen LogP) is 2.31. The van der Waals surface area contributed by atoms with Gasteiger partial charge in [-0.2, -0.15) is 0 Å². The maximum Gasteiger partial charge on any atom is 0.326 e. The molecule has 1 fully saturated rings. The van der Waals surface area contributed by atoms with Crippen LogP contribution in [0.25, 0.3) is 0 Å². The van der Waals surface area contributed by atoms with Crippen molar-refractivity contribution in [3.63, 3.8) is 0 Å². The standard InChI is InChI=1S/C16H22N2O3/c1-16(9-5-6-10-16)18-15(21)17-13(14(19)20)11-12-7-3-2-4-8-12/h2-4,7-8,13H,5-6,9-11H2,1H3,(H,19,20)(H2,17,18,21)/t13-/m1/s1. The summed E-state index contributed by atoms with van der Waals surface area (Å²) < 4.78 is 0. The van der Waals surface area contributed by atoms with Crippen molar-refractivity contribution in [1.29, 1.82) is 0 Å². The molecule has 0 unspecified atom stereocenters. The molecule has 0 bridgehead atoms. The van der Waals surface area contributed by atoms with E-state index >= 15 is 0 Å². The van der Waals surface area contributed by atoms with Gasteiger partial charge in [0.25, 0.3) is 0 Å². The molecular weight excluding hydrogens is 268 g/mol. The molecule has 3 N–H and O–H groups in total. The highest BCUT2D eigenvalue weighted by Crippen LogP contribution is 2.28. The number of hydrogen-bond donors (Lipinski definition) is 3. The molecule has 0 radical (unpaired) electrons. The molecule has 114 valence electrons. The van der Waals surface area contributed by atoms with Crippen LogP contribution in [0.4, 0.5) is 4.79 Å². The predicted molar refractivity (Wildman–Crippen MR) is 80.1 cm³/mol. The number of carbonyl (C=O) groups is 2. The number of rotatable bonds is 5. The molecule has 0 aliphatic heterocycles. The van der Waals surface area contributed by atoms with Gasteiger partial charge in [0.15, 0.2) is 0 Å². The Bertz CT molecular complexity index is 496. The largest absolute Gasteiger partial charge is 0.480 e. The number of amides is 2. The van der Waals surface area contributed by atoms with Gasteiger partial charge in [-0.1, -0.05) is 43.2 Å². The van der Waals surface area contributed by atoms with Crippen LogP contribution in [0.2, 0.25) is 0 Å². The number of carbonyl (C=O) groups excluding carboxylic acids is 1. The lowest BCUT2D eigenvalue weighted by Crippen LogP contribution is -2.53. The van der Waals surface area contributed by atoms with E-state index in [1.165, 1.54) is 0 Å². The van der Waals surface area contributed by atoms with Crippen molar-refractivity contribution in [2.75, 3.05) is 0 Å². The number of carboxylic acid groups (broad SMARTS) is 1. The molecule has 1 aliphatic carbocycles. The Kier molecular flexibility index (Phi) is 4.83. The summed E-state index contributed by atoms with van der Waals surface area (Å²) in [4.78, 5) is 23.3. The SMILES string of the molecule is CC1(NC(=O)N[C@H](Cc2ccccc2)C(=O)O)CCCC1. The molecule has 5 heteroatoms. The summed E-state index contributed by atoms with van der Waals surface area (Å²) in [5, 5.41) is 14.7. The Morgan fingerprint density at radius 3 is 2.43 bits per heavy atom. The van der Waals surface area contributed by atoms with Gasteiger partial charge in [0.05, 0.1) is 0 Å². The van der Waals surface area contributed by atoms with E-state index in [2.05, 4.69) is 10.6 Å². The number of urea groups is 1. The first-order chi connectivity index (χ1) is 9.98. The van der Waals surface area contributed by atoms with Crippen LogP contribution in [0.1, 0.15) is 38.2 Å². The molecule has 2 rings (SSSR count). The molecule has 1 aliphatic rings.